The molecule has 1 aliphatic rings. The minimum Gasteiger partial charge on any atom is -0.383 e. The van der Waals surface area contributed by atoms with Crippen molar-refractivity contribution < 1.29 is 9.53 Å². The van der Waals surface area contributed by atoms with Crippen molar-refractivity contribution in [2.24, 2.45) is 13.0 Å². The summed E-state index contributed by atoms with van der Waals surface area (Å²) in [5.74, 6) is 0.389. The molecule has 1 aromatic carbocycles. The van der Waals surface area contributed by atoms with E-state index in [1.807, 2.05) is 30.5 Å². The van der Waals surface area contributed by atoms with Gasteiger partial charge in [0.2, 0.25) is 5.91 Å². The Morgan fingerprint density at radius 1 is 1.36 bits per heavy atom. The Kier molecular flexibility index (Phi) is 5.45. The fourth-order valence-electron chi connectivity index (χ4n) is 4.23. The van der Waals surface area contributed by atoms with E-state index < -0.39 is 0 Å². The molecule has 3 heterocycles. The Balaban J connectivity index is 1.47. The topological polar surface area (TPSA) is 75.2 Å². The van der Waals surface area contributed by atoms with E-state index in [0.29, 0.717) is 19.6 Å². The van der Waals surface area contributed by atoms with Gasteiger partial charge in [0.25, 0.3) is 0 Å². The lowest BCUT2D eigenvalue weighted by Crippen LogP contribution is -2.33. The SMILES string of the molecule is COCCN1C(=O)C[C@@H](CNCc2cccc3cc[nH]c23)[C@@H]1c1cnn(C)c1. The van der Waals surface area contributed by atoms with Crippen LogP contribution in [0, 0.1) is 5.92 Å². The maximum absolute atomic E-state index is 12.7. The molecule has 2 aromatic heterocycles. The molecule has 1 fully saturated rings. The van der Waals surface area contributed by atoms with Gasteiger partial charge in [-0.2, -0.15) is 5.10 Å². The minimum atomic E-state index is 0.0325. The van der Waals surface area contributed by atoms with E-state index in [0.717, 1.165) is 18.7 Å². The standard InChI is InChI=1S/C21H27N5O2/c1-25-14-18(13-24-25)21-17(10-19(27)26(21)8-9-28-2)12-22-11-16-5-3-4-15-6-7-23-20(15)16/h3-7,13-14,17,21-23H,8-12H2,1-2H3/t17-,21+/m0/s1. The third kappa shape index (κ3) is 3.68. The molecule has 0 unspecified atom stereocenters. The second-order valence-corrected chi connectivity index (χ2v) is 7.43. The number of methoxy groups -OCH3 is 1. The first-order valence-corrected chi connectivity index (χ1v) is 9.70. The van der Waals surface area contributed by atoms with Crippen LogP contribution in [-0.2, 0) is 23.1 Å². The molecular weight excluding hydrogens is 354 g/mol. The highest BCUT2D eigenvalue weighted by atomic mass is 16.5. The number of carbonyl (C=O) groups is 1. The number of aromatic nitrogens is 3. The highest BCUT2D eigenvalue weighted by molar-refractivity contribution is 5.82. The number of carbonyl (C=O) groups excluding carboxylic acids is 1. The summed E-state index contributed by atoms with van der Waals surface area (Å²) in [4.78, 5) is 17.9. The smallest absolute Gasteiger partial charge is 0.223 e. The maximum atomic E-state index is 12.7. The molecule has 2 atom stereocenters. The first-order valence-electron chi connectivity index (χ1n) is 9.70. The number of fused-ring (bicyclic) bond motifs is 1. The van der Waals surface area contributed by atoms with Crippen molar-refractivity contribution in [3.05, 3.63) is 54.0 Å². The summed E-state index contributed by atoms with van der Waals surface area (Å²) in [5.41, 5.74) is 3.49. The first-order chi connectivity index (χ1) is 13.7. The van der Waals surface area contributed by atoms with Crippen molar-refractivity contribution in [1.29, 1.82) is 0 Å². The number of hydrogen-bond acceptors (Lipinski definition) is 4. The van der Waals surface area contributed by atoms with Gasteiger partial charge in [-0.05, 0) is 17.0 Å². The number of aryl methyl sites for hydroxylation is 1. The molecule has 1 amide bonds. The Hall–Kier alpha value is -2.64. The van der Waals surface area contributed by atoms with E-state index in [1.54, 1.807) is 11.8 Å². The van der Waals surface area contributed by atoms with Crippen molar-refractivity contribution in [2.75, 3.05) is 26.8 Å². The molecule has 0 spiro atoms. The number of hydrogen-bond donors (Lipinski definition) is 2. The summed E-state index contributed by atoms with van der Waals surface area (Å²) in [6.07, 6.45) is 6.39. The van der Waals surface area contributed by atoms with Crippen LogP contribution in [0.3, 0.4) is 0 Å². The summed E-state index contributed by atoms with van der Waals surface area (Å²) in [7, 11) is 3.57. The highest BCUT2D eigenvalue weighted by Gasteiger charge is 2.40. The Morgan fingerprint density at radius 3 is 3.04 bits per heavy atom. The lowest BCUT2D eigenvalue weighted by Gasteiger charge is -2.27. The number of nitrogens with zero attached hydrogens (tertiary/aromatic N) is 3. The van der Waals surface area contributed by atoms with Crippen LogP contribution in [0.15, 0.2) is 42.9 Å². The molecule has 7 heteroatoms. The zero-order valence-electron chi connectivity index (χ0n) is 16.4. The molecule has 7 nitrogen and oxygen atoms in total. The molecule has 1 aliphatic heterocycles. The summed E-state index contributed by atoms with van der Waals surface area (Å²) >= 11 is 0. The number of nitrogens with one attached hydrogen (secondary N) is 2. The van der Waals surface area contributed by atoms with Crippen LogP contribution in [-0.4, -0.2) is 52.4 Å². The lowest BCUT2D eigenvalue weighted by molar-refractivity contribution is -0.129. The molecule has 0 aliphatic carbocycles. The lowest BCUT2D eigenvalue weighted by atomic mass is 9.95. The molecule has 148 valence electrons. The summed E-state index contributed by atoms with van der Waals surface area (Å²) in [5, 5.41) is 9.10. The Morgan fingerprint density at radius 2 is 2.25 bits per heavy atom. The van der Waals surface area contributed by atoms with Crippen LogP contribution in [0.4, 0.5) is 0 Å². The average Bonchev–Trinajstić information content (AvgIpc) is 3.39. The predicted octanol–water partition coefficient (Wildman–Crippen LogP) is 2.23. The summed E-state index contributed by atoms with van der Waals surface area (Å²) in [6.45, 7) is 2.68. The van der Waals surface area contributed by atoms with Gasteiger partial charge in [0.05, 0.1) is 18.8 Å². The highest BCUT2D eigenvalue weighted by Crippen LogP contribution is 2.37. The van der Waals surface area contributed by atoms with Crippen molar-refractivity contribution in [1.82, 2.24) is 25.0 Å². The Labute approximate surface area is 164 Å². The molecule has 0 radical (unpaired) electrons. The molecule has 1 saturated heterocycles. The van der Waals surface area contributed by atoms with Crippen molar-refractivity contribution >= 4 is 16.8 Å². The second kappa shape index (κ2) is 8.16. The average molecular weight is 381 g/mol. The van der Waals surface area contributed by atoms with Gasteiger partial charge in [0.15, 0.2) is 0 Å². The Bertz CT molecular complexity index is 947. The number of ether oxygens (including phenoxy) is 1. The zero-order valence-corrected chi connectivity index (χ0v) is 16.4. The fraction of sp³-hybridized carbons (Fsp3) is 0.429. The number of para-hydroxylation sites is 1. The molecular formula is C21H27N5O2. The minimum absolute atomic E-state index is 0.0325. The quantitative estimate of drug-likeness (QED) is 0.627. The van der Waals surface area contributed by atoms with E-state index in [-0.39, 0.29) is 17.9 Å². The van der Waals surface area contributed by atoms with Crippen LogP contribution in [0.5, 0.6) is 0 Å². The third-order valence-electron chi connectivity index (χ3n) is 5.54. The van der Waals surface area contributed by atoms with E-state index in [9.17, 15) is 4.79 Å². The van der Waals surface area contributed by atoms with Gasteiger partial charge in [-0.25, -0.2) is 0 Å². The van der Waals surface area contributed by atoms with Crippen LogP contribution in [0.25, 0.3) is 10.9 Å². The number of likely N-dealkylation sites (tertiary alicyclic amines) is 1. The number of H-pyrrole nitrogens is 1. The molecule has 28 heavy (non-hydrogen) atoms. The van der Waals surface area contributed by atoms with Crippen molar-refractivity contribution in [2.45, 2.75) is 19.0 Å². The maximum Gasteiger partial charge on any atom is 0.223 e. The van der Waals surface area contributed by atoms with Crippen LogP contribution in [0.1, 0.15) is 23.6 Å². The third-order valence-corrected chi connectivity index (χ3v) is 5.54. The van der Waals surface area contributed by atoms with E-state index in [1.165, 1.54) is 16.5 Å². The molecule has 0 bridgehead atoms. The normalized spacial score (nSPS) is 19.8. The van der Waals surface area contributed by atoms with Crippen molar-refractivity contribution in [3.8, 4) is 0 Å². The number of rotatable bonds is 8. The van der Waals surface area contributed by atoms with Gasteiger partial charge in [0.1, 0.15) is 0 Å². The van der Waals surface area contributed by atoms with Crippen LogP contribution >= 0.6 is 0 Å². The molecule has 2 N–H and O–H groups in total. The summed E-state index contributed by atoms with van der Waals surface area (Å²) in [6, 6.07) is 8.44. The largest absolute Gasteiger partial charge is 0.383 e. The first kappa shape index (κ1) is 18.7. The van der Waals surface area contributed by atoms with Crippen LogP contribution in [0.2, 0.25) is 0 Å². The monoisotopic (exact) mass is 381 g/mol. The van der Waals surface area contributed by atoms with Gasteiger partial charge < -0.3 is 19.9 Å². The van der Waals surface area contributed by atoms with Crippen molar-refractivity contribution in [3.63, 3.8) is 0 Å². The second-order valence-electron chi connectivity index (χ2n) is 7.43. The van der Waals surface area contributed by atoms with Gasteiger partial charge >= 0.3 is 0 Å². The van der Waals surface area contributed by atoms with Gasteiger partial charge in [-0.3, -0.25) is 9.48 Å². The van der Waals surface area contributed by atoms with Crippen LogP contribution < -0.4 is 5.32 Å². The zero-order chi connectivity index (χ0) is 19.5. The van der Waals surface area contributed by atoms with E-state index in [4.69, 9.17) is 4.74 Å². The predicted molar refractivity (Wildman–Crippen MR) is 108 cm³/mol. The summed E-state index contributed by atoms with van der Waals surface area (Å²) < 4.78 is 7.01. The van der Waals surface area contributed by atoms with Gasteiger partial charge in [-0.1, -0.05) is 18.2 Å². The molecule has 3 aromatic rings. The number of aromatic amines is 1. The molecule has 4 rings (SSSR count). The van der Waals surface area contributed by atoms with E-state index >= 15 is 0 Å². The van der Waals surface area contributed by atoms with Gasteiger partial charge in [-0.15, -0.1) is 0 Å². The van der Waals surface area contributed by atoms with Gasteiger partial charge in [0, 0.05) is 69.6 Å². The number of amides is 1. The van der Waals surface area contributed by atoms with E-state index in [2.05, 4.69) is 39.7 Å². The molecule has 0 saturated carbocycles. The number of benzene rings is 1. The fourth-order valence-corrected chi connectivity index (χ4v) is 4.23.